The van der Waals surface area contributed by atoms with Crippen LogP contribution in [0, 0.1) is 5.82 Å². The highest BCUT2D eigenvalue weighted by molar-refractivity contribution is 6.01. The summed E-state index contributed by atoms with van der Waals surface area (Å²) in [5, 5.41) is 6.11. The zero-order valence-corrected chi connectivity index (χ0v) is 19.7. The van der Waals surface area contributed by atoms with E-state index >= 15 is 0 Å². The predicted octanol–water partition coefficient (Wildman–Crippen LogP) is 5.64. The molecule has 0 bridgehead atoms. The van der Waals surface area contributed by atoms with Gasteiger partial charge in [0.05, 0.1) is 24.9 Å². The monoisotopic (exact) mass is 489 g/mol. The lowest BCUT2D eigenvalue weighted by Crippen LogP contribution is -2.19. The molecule has 184 valence electrons. The molecule has 9 heteroatoms. The van der Waals surface area contributed by atoms with Crippen LogP contribution in [0.4, 0.5) is 20.6 Å². The van der Waals surface area contributed by atoms with Gasteiger partial charge in [-0.2, -0.15) is 0 Å². The van der Waals surface area contributed by atoms with E-state index in [1.54, 1.807) is 60.7 Å². The molecule has 0 fully saturated rings. The Bertz CT molecular complexity index is 1380. The number of aromatic nitrogens is 1. The third-order valence-electron chi connectivity index (χ3n) is 5.16. The van der Waals surface area contributed by atoms with Gasteiger partial charge in [-0.3, -0.25) is 0 Å². The van der Waals surface area contributed by atoms with Crippen molar-refractivity contribution in [3.63, 3.8) is 0 Å². The van der Waals surface area contributed by atoms with Crippen LogP contribution in [0.1, 0.15) is 6.92 Å². The van der Waals surface area contributed by atoms with Crippen LogP contribution in [0.2, 0.25) is 0 Å². The molecule has 0 aliphatic heterocycles. The van der Waals surface area contributed by atoms with Crippen LogP contribution in [0.15, 0.2) is 72.8 Å². The van der Waals surface area contributed by atoms with Gasteiger partial charge in [0, 0.05) is 28.4 Å². The second kappa shape index (κ2) is 11.2. The number of nitrogens with one attached hydrogen (secondary N) is 2. The molecule has 36 heavy (non-hydrogen) atoms. The van der Waals surface area contributed by atoms with Crippen molar-refractivity contribution in [1.82, 2.24) is 4.98 Å². The summed E-state index contributed by atoms with van der Waals surface area (Å²) < 4.78 is 29.2. The van der Waals surface area contributed by atoms with Crippen molar-refractivity contribution in [3.05, 3.63) is 78.6 Å². The molecule has 0 saturated heterocycles. The highest BCUT2D eigenvalue weighted by atomic mass is 19.1. The predicted molar refractivity (Wildman–Crippen MR) is 135 cm³/mol. The summed E-state index contributed by atoms with van der Waals surface area (Å²) in [5.74, 6) is 0.165. The summed E-state index contributed by atoms with van der Waals surface area (Å²) in [5.41, 5.74) is 2.87. The number of nitrogens with zero attached hydrogens (tertiary/aromatic N) is 1. The van der Waals surface area contributed by atoms with E-state index in [1.165, 1.54) is 19.2 Å². The summed E-state index contributed by atoms with van der Waals surface area (Å²) in [4.78, 5) is 28.9. The van der Waals surface area contributed by atoms with Crippen molar-refractivity contribution < 1.29 is 28.2 Å². The third kappa shape index (κ3) is 6.06. The normalized spacial score (nSPS) is 10.5. The first-order valence-corrected chi connectivity index (χ1v) is 11.2. The SMILES string of the molecule is CCOc1ccc(NC(=O)Nc2ccc3nc(-c4ccc(F)cc4)cc(OCC(=O)OC)c3c2)cc1. The van der Waals surface area contributed by atoms with Gasteiger partial charge in [-0.15, -0.1) is 0 Å². The van der Waals surface area contributed by atoms with Crippen molar-refractivity contribution in [2.24, 2.45) is 0 Å². The number of amides is 2. The average Bonchev–Trinajstić information content (AvgIpc) is 2.88. The number of fused-ring (bicyclic) bond motifs is 1. The van der Waals surface area contributed by atoms with Crippen LogP contribution in [-0.4, -0.2) is 37.3 Å². The van der Waals surface area contributed by atoms with Gasteiger partial charge < -0.3 is 24.8 Å². The standard InChI is InChI=1S/C27H24FN3O5/c1-3-35-21-11-8-19(9-12-21)29-27(33)30-20-10-13-23-22(14-20)25(36-16-26(32)34-2)15-24(31-23)17-4-6-18(28)7-5-17/h4-15H,3,16H2,1-2H3,(H2,29,30,33). The van der Waals surface area contributed by atoms with E-state index in [-0.39, 0.29) is 12.4 Å². The topological polar surface area (TPSA) is 98.8 Å². The minimum atomic E-state index is -0.549. The molecule has 1 aromatic heterocycles. The molecule has 8 nitrogen and oxygen atoms in total. The maximum Gasteiger partial charge on any atom is 0.343 e. The fraction of sp³-hybridized carbons (Fsp3) is 0.148. The Morgan fingerprint density at radius 1 is 0.889 bits per heavy atom. The zero-order valence-electron chi connectivity index (χ0n) is 19.7. The van der Waals surface area contributed by atoms with Crippen molar-refractivity contribution in [1.29, 1.82) is 0 Å². The number of methoxy groups -OCH3 is 1. The van der Waals surface area contributed by atoms with Crippen molar-refractivity contribution in [2.75, 3.05) is 31.0 Å². The minimum absolute atomic E-state index is 0.311. The maximum absolute atomic E-state index is 13.4. The van der Waals surface area contributed by atoms with E-state index in [4.69, 9.17) is 9.47 Å². The molecule has 2 amide bonds. The van der Waals surface area contributed by atoms with Gasteiger partial charge in [0.2, 0.25) is 0 Å². The van der Waals surface area contributed by atoms with E-state index in [1.807, 2.05) is 6.92 Å². The maximum atomic E-state index is 13.4. The molecule has 4 aromatic rings. The number of hydrogen-bond donors (Lipinski definition) is 2. The highest BCUT2D eigenvalue weighted by Gasteiger charge is 2.13. The Kier molecular flexibility index (Phi) is 7.60. The Balaban J connectivity index is 1.59. The molecule has 3 aromatic carbocycles. The van der Waals surface area contributed by atoms with Gasteiger partial charge in [-0.05, 0) is 73.7 Å². The quantitative estimate of drug-likeness (QED) is 0.311. The number of urea groups is 1. The van der Waals surface area contributed by atoms with Crippen LogP contribution in [-0.2, 0) is 9.53 Å². The van der Waals surface area contributed by atoms with Crippen LogP contribution >= 0.6 is 0 Å². The van der Waals surface area contributed by atoms with Crippen molar-refractivity contribution >= 4 is 34.3 Å². The number of anilines is 2. The molecule has 0 radical (unpaired) electrons. The van der Waals surface area contributed by atoms with Gasteiger partial charge >= 0.3 is 12.0 Å². The lowest BCUT2D eigenvalue weighted by atomic mass is 10.1. The number of carbonyl (C=O) groups excluding carboxylic acids is 2. The van der Waals surface area contributed by atoms with Crippen LogP contribution in [0.3, 0.4) is 0 Å². The Hall–Kier alpha value is -4.66. The second-order valence-corrected chi connectivity index (χ2v) is 7.65. The van der Waals surface area contributed by atoms with Gasteiger partial charge in [0.15, 0.2) is 6.61 Å². The molecule has 0 saturated carbocycles. The van der Waals surface area contributed by atoms with E-state index < -0.39 is 12.0 Å². The lowest BCUT2D eigenvalue weighted by molar-refractivity contribution is -0.142. The molecule has 4 rings (SSSR count). The summed E-state index contributed by atoms with van der Waals surface area (Å²) in [6.45, 7) is 2.14. The molecule has 2 N–H and O–H groups in total. The lowest BCUT2D eigenvalue weighted by Gasteiger charge is -2.13. The number of pyridine rings is 1. The molecule has 0 atom stereocenters. The Morgan fingerprint density at radius 3 is 2.28 bits per heavy atom. The number of ether oxygens (including phenoxy) is 3. The number of rotatable bonds is 8. The average molecular weight is 490 g/mol. The van der Waals surface area contributed by atoms with Crippen LogP contribution < -0.4 is 20.1 Å². The fourth-order valence-electron chi connectivity index (χ4n) is 3.45. The largest absolute Gasteiger partial charge is 0.494 e. The smallest absolute Gasteiger partial charge is 0.343 e. The minimum Gasteiger partial charge on any atom is -0.494 e. The summed E-state index contributed by atoms with van der Waals surface area (Å²) in [7, 11) is 1.27. The summed E-state index contributed by atoms with van der Waals surface area (Å²) in [6.07, 6.45) is 0. The zero-order chi connectivity index (χ0) is 25.5. The molecular weight excluding hydrogens is 465 g/mol. The van der Waals surface area contributed by atoms with E-state index in [0.717, 1.165) is 0 Å². The van der Waals surface area contributed by atoms with E-state index in [9.17, 15) is 14.0 Å². The molecule has 1 heterocycles. The Labute approximate surface area is 207 Å². The van der Waals surface area contributed by atoms with E-state index in [2.05, 4.69) is 20.4 Å². The fourth-order valence-corrected chi connectivity index (χ4v) is 3.45. The molecule has 0 unspecified atom stereocenters. The van der Waals surface area contributed by atoms with Gasteiger partial charge in [0.25, 0.3) is 0 Å². The third-order valence-corrected chi connectivity index (χ3v) is 5.16. The van der Waals surface area contributed by atoms with Gasteiger partial charge in [-0.25, -0.2) is 19.0 Å². The first-order valence-electron chi connectivity index (χ1n) is 11.2. The number of hydrogen-bond acceptors (Lipinski definition) is 6. The second-order valence-electron chi connectivity index (χ2n) is 7.65. The molecule has 0 aliphatic rings. The number of carbonyl (C=O) groups is 2. The van der Waals surface area contributed by atoms with Crippen LogP contribution in [0.25, 0.3) is 22.2 Å². The van der Waals surface area contributed by atoms with Crippen LogP contribution in [0.5, 0.6) is 11.5 Å². The number of esters is 1. The first-order chi connectivity index (χ1) is 17.4. The summed E-state index contributed by atoms with van der Waals surface area (Å²) >= 11 is 0. The van der Waals surface area contributed by atoms with Gasteiger partial charge in [-0.1, -0.05) is 0 Å². The van der Waals surface area contributed by atoms with Crippen molar-refractivity contribution in [2.45, 2.75) is 6.92 Å². The first kappa shape index (κ1) is 24.5. The molecule has 0 aliphatic carbocycles. The van der Waals surface area contributed by atoms with E-state index in [0.29, 0.717) is 51.6 Å². The van der Waals surface area contributed by atoms with Gasteiger partial charge in [0.1, 0.15) is 17.3 Å². The molecular formula is C27H24FN3O5. The Morgan fingerprint density at radius 2 is 1.58 bits per heavy atom. The summed E-state index contributed by atoms with van der Waals surface area (Å²) in [6, 6.07) is 19.2. The molecule has 0 spiro atoms. The highest BCUT2D eigenvalue weighted by Crippen LogP contribution is 2.32. The van der Waals surface area contributed by atoms with Crippen molar-refractivity contribution in [3.8, 4) is 22.8 Å². The number of halogens is 1. The number of benzene rings is 3.